The van der Waals surface area contributed by atoms with Crippen molar-refractivity contribution in [1.29, 1.82) is 0 Å². The number of non-ortho nitro benzene ring substituents is 1. The van der Waals surface area contributed by atoms with Crippen LogP contribution in [0.25, 0.3) is 11.3 Å². The van der Waals surface area contributed by atoms with Crippen molar-refractivity contribution in [3.63, 3.8) is 0 Å². The summed E-state index contributed by atoms with van der Waals surface area (Å²) < 4.78 is 0. The normalized spacial score (nSPS) is 10.5. The van der Waals surface area contributed by atoms with Crippen LogP contribution in [0.3, 0.4) is 0 Å². The zero-order valence-electron chi connectivity index (χ0n) is 12.5. The Balaban J connectivity index is 1.76. The van der Waals surface area contributed by atoms with E-state index in [0.717, 1.165) is 22.9 Å². The number of nitro groups is 1. The molecule has 5 nitrogen and oxygen atoms in total. The first-order valence-electron chi connectivity index (χ1n) is 7.09. The van der Waals surface area contributed by atoms with Crippen LogP contribution in [0, 0.1) is 10.1 Å². The number of nitrogens with zero attached hydrogens (tertiary/aromatic N) is 3. The third kappa shape index (κ3) is 3.54. The third-order valence-corrected chi connectivity index (χ3v) is 4.41. The standard InChI is InChI=1S/C17H15N3O2S/c1-19(11-13-5-3-2-4-6-13)17-18-16(12-23-17)14-7-9-15(10-8-14)20(21)22/h2-10,12H,11H2,1H3. The summed E-state index contributed by atoms with van der Waals surface area (Å²) in [5.41, 5.74) is 3.03. The molecule has 116 valence electrons. The molecule has 0 aliphatic carbocycles. The SMILES string of the molecule is CN(Cc1ccccc1)c1nc(-c2ccc([N+](=O)[O-])cc2)cs1. The molecule has 0 aliphatic heterocycles. The molecule has 0 amide bonds. The lowest BCUT2D eigenvalue weighted by molar-refractivity contribution is -0.384. The highest BCUT2D eigenvalue weighted by molar-refractivity contribution is 7.14. The fourth-order valence-electron chi connectivity index (χ4n) is 2.25. The van der Waals surface area contributed by atoms with Gasteiger partial charge in [-0.05, 0) is 17.7 Å². The monoisotopic (exact) mass is 325 g/mol. The second-order valence-electron chi connectivity index (χ2n) is 5.16. The lowest BCUT2D eigenvalue weighted by Crippen LogP contribution is -2.15. The van der Waals surface area contributed by atoms with E-state index in [2.05, 4.69) is 22.0 Å². The summed E-state index contributed by atoms with van der Waals surface area (Å²) in [4.78, 5) is 17.0. The first kappa shape index (κ1) is 15.2. The Hall–Kier alpha value is -2.73. The maximum Gasteiger partial charge on any atom is 0.269 e. The molecule has 0 atom stereocenters. The summed E-state index contributed by atoms with van der Waals surface area (Å²) in [5, 5.41) is 13.6. The van der Waals surface area contributed by atoms with Crippen molar-refractivity contribution in [2.75, 3.05) is 11.9 Å². The zero-order valence-corrected chi connectivity index (χ0v) is 13.4. The summed E-state index contributed by atoms with van der Waals surface area (Å²) >= 11 is 1.56. The highest BCUT2D eigenvalue weighted by Crippen LogP contribution is 2.28. The van der Waals surface area contributed by atoms with Gasteiger partial charge in [0.1, 0.15) is 0 Å². The molecule has 3 aromatic rings. The van der Waals surface area contributed by atoms with Crippen molar-refractivity contribution in [2.45, 2.75) is 6.54 Å². The highest BCUT2D eigenvalue weighted by atomic mass is 32.1. The average Bonchev–Trinajstić information content (AvgIpc) is 3.06. The van der Waals surface area contributed by atoms with Crippen molar-refractivity contribution < 1.29 is 4.92 Å². The molecule has 0 N–H and O–H groups in total. The zero-order chi connectivity index (χ0) is 16.2. The van der Waals surface area contributed by atoms with Crippen LogP contribution in [0.5, 0.6) is 0 Å². The van der Waals surface area contributed by atoms with E-state index in [4.69, 9.17) is 0 Å². The molecular weight excluding hydrogens is 310 g/mol. The van der Waals surface area contributed by atoms with Gasteiger partial charge in [-0.3, -0.25) is 10.1 Å². The fourth-order valence-corrected chi connectivity index (χ4v) is 3.05. The minimum Gasteiger partial charge on any atom is -0.347 e. The van der Waals surface area contributed by atoms with Gasteiger partial charge in [-0.25, -0.2) is 4.98 Å². The smallest absolute Gasteiger partial charge is 0.269 e. The third-order valence-electron chi connectivity index (χ3n) is 3.46. The molecule has 1 heterocycles. The van der Waals surface area contributed by atoms with E-state index in [-0.39, 0.29) is 5.69 Å². The summed E-state index contributed by atoms with van der Waals surface area (Å²) in [6.07, 6.45) is 0. The maximum absolute atomic E-state index is 10.7. The second kappa shape index (κ2) is 6.58. The van der Waals surface area contributed by atoms with Gasteiger partial charge in [0, 0.05) is 36.7 Å². The van der Waals surface area contributed by atoms with Gasteiger partial charge in [-0.15, -0.1) is 11.3 Å². The molecule has 0 radical (unpaired) electrons. The van der Waals surface area contributed by atoms with Gasteiger partial charge in [0.2, 0.25) is 0 Å². The van der Waals surface area contributed by atoms with Crippen LogP contribution in [-0.2, 0) is 6.54 Å². The lowest BCUT2D eigenvalue weighted by atomic mass is 10.1. The van der Waals surface area contributed by atoms with E-state index in [1.807, 2.05) is 30.6 Å². The van der Waals surface area contributed by atoms with Crippen molar-refractivity contribution >= 4 is 22.2 Å². The van der Waals surface area contributed by atoms with Crippen molar-refractivity contribution in [1.82, 2.24) is 4.98 Å². The van der Waals surface area contributed by atoms with E-state index in [1.54, 1.807) is 23.5 Å². The van der Waals surface area contributed by atoms with Crippen LogP contribution in [0.1, 0.15) is 5.56 Å². The summed E-state index contributed by atoms with van der Waals surface area (Å²) in [5.74, 6) is 0. The van der Waals surface area contributed by atoms with Gasteiger partial charge >= 0.3 is 0 Å². The highest BCUT2D eigenvalue weighted by Gasteiger charge is 2.10. The first-order chi connectivity index (χ1) is 11.1. The van der Waals surface area contributed by atoms with E-state index in [9.17, 15) is 10.1 Å². The van der Waals surface area contributed by atoms with Crippen molar-refractivity contribution in [3.05, 3.63) is 75.7 Å². The predicted molar refractivity (Wildman–Crippen MR) is 92.8 cm³/mol. The fraction of sp³-hybridized carbons (Fsp3) is 0.118. The number of benzene rings is 2. The predicted octanol–water partition coefficient (Wildman–Crippen LogP) is 4.35. The molecule has 23 heavy (non-hydrogen) atoms. The van der Waals surface area contributed by atoms with Gasteiger partial charge in [0.25, 0.3) is 5.69 Å². The molecule has 0 aliphatic rings. The van der Waals surface area contributed by atoms with Crippen LogP contribution in [0.4, 0.5) is 10.8 Å². The minimum atomic E-state index is -0.399. The first-order valence-corrected chi connectivity index (χ1v) is 7.97. The van der Waals surface area contributed by atoms with Gasteiger partial charge in [-0.1, -0.05) is 30.3 Å². The molecule has 0 saturated heterocycles. The molecule has 6 heteroatoms. The van der Waals surface area contributed by atoms with Crippen LogP contribution < -0.4 is 4.90 Å². The van der Waals surface area contributed by atoms with Crippen molar-refractivity contribution in [3.8, 4) is 11.3 Å². The Morgan fingerprint density at radius 1 is 1.13 bits per heavy atom. The maximum atomic E-state index is 10.7. The molecule has 0 fully saturated rings. The number of thiazole rings is 1. The summed E-state index contributed by atoms with van der Waals surface area (Å²) in [7, 11) is 2.01. The van der Waals surface area contributed by atoms with E-state index < -0.39 is 4.92 Å². The summed E-state index contributed by atoms with van der Waals surface area (Å²) in [6, 6.07) is 16.7. The Morgan fingerprint density at radius 2 is 1.83 bits per heavy atom. The number of hydrogen-bond donors (Lipinski definition) is 0. The van der Waals surface area contributed by atoms with Crippen LogP contribution in [0.2, 0.25) is 0 Å². The van der Waals surface area contributed by atoms with Crippen LogP contribution >= 0.6 is 11.3 Å². The Morgan fingerprint density at radius 3 is 2.48 bits per heavy atom. The molecule has 0 saturated carbocycles. The van der Waals surface area contributed by atoms with Crippen molar-refractivity contribution in [2.24, 2.45) is 0 Å². The quantitative estimate of drug-likeness (QED) is 0.517. The molecule has 0 unspecified atom stereocenters. The topological polar surface area (TPSA) is 59.3 Å². The molecular formula is C17H15N3O2S. The largest absolute Gasteiger partial charge is 0.347 e. The summed E-state index contributed by atoms with van der Waals surface area (Å²) in [6.45, 7) is 0.786. The average molecular weight is 325 g/mol. The molecule has 1 aromatic heterocycles. The van der Waals surface area contributed by atoms with E-state index >= 15 is 0 Å². The molecule has 0 spiro atoms. The van der Waals surface area contributed by atoms with E-state index in [0.29, 0.717) is 0 Å². The molecule has 2 aromatic carbocycles. The Labute approximate surface area is 138 Å². The Kier molecular flexibility index (Phi) is 4.34. The van der Waals surface area contributed by atoms with Gasteiger partial charge in [0.05, 0.1) is 10.6 Å². The van der Waals surface area contributed by atoms with Gasteiger partial charge < -0.3 is 4.90 Å². The van der Waals surface area contributed by atoms with E-state index in [1.165, 1.54) is 17.7 Å². The number of hydrogen-bond acceptors (Lipinski definition) is 5. The number of rotatable bonds is 5. The molecule has 0 bridgehead atoms. The molecule has 3 rings (SSSR count). The second-order valence-corrected chi connectivity index (χ2v) is 6.00. The Bertz CT molecular complexity index is 800. The lowest BCUT2D eigenvalue weighted by Gasteiger charge is -2.15. The van der Waals surface area contributed by atoms with Gasteiger partial charge in [-0.2, -0.15) is 0 Å². The minimum absolute atomic E-state index is 0.0883. The number of anilines is 1. The van der Waals surface area contributed by atoms with Crippen LogP contribution in [-0.4, -0.2) is 17.0 Å². The van der Waals surface area contributed by atoms with Gasteiger partial charge in [0.15, 0.2) is 5.13 Å². The number of aromatic nitrogens is 1. The number of nitro benzene ring substituents is 1. The van der Waals surface area contributed by atoms with Crippen LogP contribution in [0.15, 0.2) is 60.0 Å².